The average molecular weight is 294 g/mol. The largest absolute Gasteiger partial charge is 0.370 e. The molecule has 112 valence electrons. The van der Waals surface area contributed by atoms with Gasteiger partial charge in [0.15, 0.2) is 11.8 Å². The van der Waals surface area contributed by atoms with E-state index in [1.807, 2.05) is 13.8 Å². The lowest BCUT2D eigenvalue weighted by Crippen LogP contribution is -2.23. The van der Waals surface area contributed by atoms with Crippen LogP contribution >= 0.6 is 0 Å². The van der Waals surface area contributed by atoms with E-state index >= 15 is 0 Å². The molecule has 0 aliphatic rings. The van der Waals surface area contributed by atoms with Gasteiger partial charge < -0.3 is 11.1 Å². The van der Waals surface area contributed by atoms with Crippen molar-refractivity contribution in [3.63, 3.8) is 0 Å². The van der Waals surface area contributed by atoms with Gasteiger partial charge in [0.1, 0.15) is 24.0 Å². The smallest absolute Gasteiger partial charge is 0.193 e. The van der Waals surface area contributed by atoms with Crippen LogP contribution in [0.1, 0.15) is 31.4 Å². The summed E-state index contributed by atoms with van der Waals surface area (Å²) in [6, 6.07) is 3.04. The highest BCUT2D eigenvalue weighted by Crippen LogP contribution is 2.14. The minimum Gasteiger partial charge on any atom is -0.370 e. The van der Waals surface area contributed by atoms with Crippen molar-refractivity contribution in [1.29, 1.82) is 0 Å². The first-order chi connectivity index (χ1) is 9.95. The van der Waals surface area contributed by atoms with Crippen molar-refractivity contribution < 1.29 is 8.78 Å². The van der Waals surface area contributed by atoms with Gasteiger partial charge in [0.05, 0.1) is 5.69 Å². The van der Waals surface area contributed by atoms with Gasteiger partial charge in [0, 0.05) is 12.0 Å². The molecule has 0 bridgehead atoms. The van der Waals surface area contributed by atoms with Crippen molar-refractivity contribution in [2.24, 2.45) is 10.7 Å². The van der Waals surface area contributed by atoms with E-state index in [9.17, 15) is 8.78 Å². The number of aliphatic imine (C=N–C) groups is 1. The number of hydrogen-bond donors (Lipinski definition) is 3. The van der Waals surface area contributed by atoms with Gasteiger partial charge in [-0.05, 0) is 12.1 Å². The first-order valence-electron chi connectivity index (χ1n) is 6.39. The number of aromatic nitrogens is 3. The second kappa shape index (κ2) is 6.29. The summed E-state index contributed by atoms with van der Waals surface area (Å²) in [7, 11) is 0. The van der Waals surface area contributed by atoms with Crippen molar-refractivity contribution >= 4 is 11.6 Å². The Balaban J connectivity index is 2.02. The third kappa shape index (κ3) is 3.98. The molecular weight excluding hydrogens is 278 g/mol. The predicted molar refractivity (Wildman–Crippen MR) is 75.8 cm³/mol. The second-order valence-corrected chi connectivity index (χ2v) is 4.75. The first-order valence-corrected chi connectivity index (χ1v) is 6.39. The number of aromatic amines is 1. The molecule has 0 saturated heterocycles. The molecule has 0 aliphatic heterocycles. The second-order valence-electron chi connectivity index (χ2n) is 4.75. The summed E-state index contributed by atoms with van der Waals surface area (Å²) in [6.45, 7) is 4.10. The fourth-order valence-electron chi connectivity index (χ4n) is 1.57. The number of benzene rings is 1. The molecule has 1 heterocycles. The van der Waals surface area contributed by atoms with Crippen LogP contribution in [0.15, 0.2) is 23.2 Å². The van der Waals surface area contributed by atoms with E-state index < -0.39 is 11.6 Å². The molecule has 0 spiro atoms. The highest BCUT2D eigenvalue weighted by Gasteiger charge is 2.07. The van der Waals surface area contributed by atoms with Gasteiger partial charge in [-0.1, -0.05) is 13.8 Å². The van der Waals surface area contributed by atoms with Gasteiger partial charge in [0.25, 0.3) is 0 Å². The van der Waals surface area contributed by atoms with Crippen molar-refractivity contribution in [2.75, 3.05) is 5.32 Å². The molecule has 4 N–H and O–H groups in total. The molecule has 0 unspecified atom stereocenters. The molecular formula is C13H16F2N6. The highest BCUT2D eigenvalue weighted by atomic mass is 19.1. The number of nitrogens with two attached hydrogens (primary N) is 1. The minimum absolute atomic E-state index is 0.0398. The van der Waals surface area contributed by atoms with Crippen LogP contribution in [-0.2, 0) is 6.54 Å². The molecule has 1 aromatic heterocycles. The summed E-state index contributed by atoms with van der Waals surface area (Å²) in [5, 5.41) is 9.27. The lowest BCUT2D eigenvalue weighted by Gasteiger charge is -2.06. The maximum atomic E-state index is 13.4. The molecule has 0 saturated carbocycles. The SMILES string of the molecule is CC(C)c1n[nH]c(CN=C(N)Nc2cc(F)ccc2F)n1. The Morgan fingerprint density at radius 3 is 2.86 bits per heavy atom. The summed E-state index contributed by atoms with van der Waals surface area (Å²) >= 11 is 0. The molecule has 8 heteroatoms. The number of anilines is 1. The van der Waals surface area contributed by atoms with Crippen molar-refractivity contribution in [3.05, 3.63) is 41.5 Å². The van der Waals surface area contributed by atoms with Crippen LogP contribution < -0.4 is 11.1 Å². The van der Waals surface area contributed by atoms with Crippen LogP contribution in [0, 0.1) is 11.6 Å². The minimum atomic E-state index is -0.615. The van der Waals surface area contributed by atoms with Crippen LogP contribution in [0.3, 0.4) is 0 Å². The third-order valence-corrected chi connectivity index (χ3v) is 2.66. The van der Waals surface area contributed by atoms with E-state index in [1.165, 1.54) is 0 Å². The molecule has 0 aliphatic carbocycles. The van der Waals surface area contributed by atoms with Gasteiger partial charge in [0.2, 0.25) is 0 Å². The average Bonchev–Trinajstić information content (AvgIpc) is 2.90. The van der Waals surface area contributed by atoms with Gasteiger partial charge in [-0.25, -0.2) is 18.8 Å². The zero-order chi connectivity index (χ0) is 15.4. The Labute approximate surface area is 120 Å². The van der Waals surface area contributed by atoms with Gasteiger partial charge in [-0.3, -0.25) is 5.10 Å². The number of H-pyrrole nitrogens is 1. The topological polar surface area (TPSA) is 92.0 Å². The molecule has 2 aromatic rings. The molecule has 0 fully saturated rings. The predicted octanol–water partition coefficient (Wildman–Crippen LogP) is 2.13. The van der Waals surface area contributed by atoms with E-state index in [0.717, 1.165) is 18.2 Å². The fraction of sp³-hybridized carbons (Fsp3) is 0.308. The summed E-state index contributed by atoms with van der Waals surface area (Å²) in [6.07, 6.45) is 0. The molecule has 6 nitrogen and oxygen atoms in total. The number of hydrogen-bond acceptors (Lipinski definition) is 3. The fourth-order valence-corrected chi connectivity index (χ4v) is 1.57. The van der Waals surface area contributed by atoms with Crippen molar-refractivity contribution in [1.82, 2.24) is 15.2 Å². The van der Waals surface area contributed by atoms with Crippen molar-refractivity contribution in [3.8, 4) is 0 Å². The normalized spacial score (nSPS) is 12.0. The zero-order valence-corrected chi connectivity index (χ0v) is 11.7. The molecule has 0 atom stereocenters. The van der Waals surface area contributed by atoms with Gasteiger partial charge in [-0.2, -0.15) is 5.10 Å². The maximum absolute atomic E-state index is 13.4. The summed E-state index contributed by atoms with van der Waals surface area (Å²) < 4.78 is 26.4. The summed E-state index contributed by atoms with van der Waals surface area (Å²) in [5.41, 5.74) is 5.55. The van der Waals surface area contributed by atoms with Crippen molar-refractivity contribution in [2.45, 2.75) is 26.3 Å². The van der Waals surface area contributed by atoms with Crippen LogP contribution in [0.25, 0.3) is 0 Å². The Kier molecular flexibility index (Phi) is 4.46. The van der Waals surface area contributed by atoms with Gasteiger partial charge in [-0.15, -0.1) is 0 Å². The van der Waals surface area contributed by atoms with E-state index in [0.29, 0.717) is 11.6 Å². The molecule has 0 radical (unpaired) electrons. The molecule has 1 aromatic carbocycles. The Hall–Kier alpha value is -2.51. The number of rotatable bonds is 4. The van der Waals surface area contributed by atoms with Crippen LogP contribution in [0.4, 0.5) is 14.5 Å². The summed E-state index contributed by atoms with van der Waals surface area (Å²) in [4.78, 5) is 8.22. The maximum Gasteiger partial charge on any atom is 0.193 e. The number of nitrogens with zero attached hydrogens (tertiary/aromatic N) is 3. The molecule has 0 amide bonds. The zero-order valence-electron chi connectivity index (χ0n) is 11.7. The van der Waals surface area contributed by atoms with E-state index in [-0.39, 0.29) is 24.1 Å². The highest BCUT2D eigenvalue weighted by molar-refractivity contribution is 5.92. The Morgan fingerprint density at radius 2 is 2.19 bits per heavy atom. The molecule has 21 heavy (non-hydrogen) atoms. The Morgan fingerprint density at radius 1 is 1.43 bits per heavy atom. The van der Waals surface area contributed by atoms with E-state index in [2.05, 4.69) is 25.5 Å². The number of nitrogens with one attached hydrogen (secondary N) is 2. The van der Waals surface area contributed by atoms with Crippen LogP contribution in [0.5, 0.6) is 0 Å². The third-order valence-electron chi connectivity index (χ3n) is 2.66. The van der Waals surface area contributed by atoms with E-state index in [4.69, 9.17) is 5.73 Å². The summed E-state index contributed by atoms with van der Waals surface area (Å²) in [5.74, 6) is 0.212. The first kappa shape index (κ1) is 14.9. The van der Waals surface area contributed by atoms with E-state index in [1.54, 1.807) is 0 Å². The molecule has 2 rings (SSSR count). The van der Waals surface area contributed by atoms with Gasteiger partial charge >= 0.3 is 0 Å². The number of halogens is 2. The standard InChI is InChI=1S/C13H16F2N6/c1-7(2)12-19-11(20-21-12)6-17-13(16)18-10-5-8(14)3-4-9(10)15/h3-5,7H,6H2,1-2H3,(H3,16,17,18)(H,19,20,21). The lowest BCUT2D eigenvalue weighted by atomic mass is 10.2. The Bertz CT molecular complexity index is 650. The number of guanidine groups is 1. The quantitative estimate of drug-likeness (QED) is 0.595. The van der Waals surface area contributed by atoms with Crippen LogP contribution in [-0.4, -0.2) is 21.1 Å². The lowest BCUT2D eigenvalue weighted by molar-refractivity contribution is 0.604. The monoisotopic (exact) mass is 294 g/mol. The van der Waals surface area contributed by atoms with Crippen LogP contribution in [0.2, 0.25) is 0 Å².